The zero-order chi connectivity index (χ0) is 16.0. The highest BCUT2D eigenvalue weighted by Gasteiger charge is 2.34. The summed E-state index contributed by atoms with van der Waals surface area (Å²) in [5.74, 6) is -0.225. The second-order valence-corrected chi connectivity index (χ2v) is 5.99. The smallest absolute Gasteiger partial charge is 0.259 e. The van der Waals surface area contributed by atoms with Gasteiger partial charge in [0, 0.05) is 0 Å². The van der Waals surface area contributed by atoms with E-state index in [0.717, 1.165) is 0 Å². The molecule has 3 N–H and O–H groups in total. The van der Waals surface area contributed by atoms with E-state index in [4.69, 9.17) is 52.1 Å². The molecule has 0 saturated heterocycles. The predicted molar refractivity (Wildman–Crippen MR) is 91.0 cm³/mol. The second kappa shape index (κ2) is 5.63. The molecule has 1 heterocycles. The number of para-hydroxylation sites is 2. The molecule has 0 aliphatic carbocycles. The standard InChI is InChI=1S/C14H7Cl4N3O/c15-9-7-8(10(16)12(18)11(9)17)14(22)21-13(7)20-6-4-2-1-3-5(6)19/h1-4H,19H2,(H,20,21,22). The topological polar surface area (TPSA) is 67.5 Å². The Morgan fingerprint density at radius 1 is 0.909 bits per heavy atom. The second-order valence-electron chi connectivity index (χ2n) is 4.48. The summed E-state index contributed by atoms with van der Waals surface area (Å²) in [7, 11) is 0. The van der Waals surface area contributed by atoms with E-state index in [9.17, 15) is 4.79 Å². The number of hydrogen-bond donors (Lipinski definition) is 2. The molecule has 0 unspecified atom stereocenters. The normalized spacial score (nSPS) is 15.1. The van der Waals surface area contributed by atoms with Crippen molar-refractivity contribution < 1.29 is 4.79 Å². The monoisotopic (exact) mass is 373 g/mol. The Balaban J connectivity index is 2.27. The lowest BCUT2D eigenvalue weighted by Crippen LogP contribution is -2.21. The van der Waals surface area contributed by atoms with Crippen LogP contribution in [0.1, 0.15) is 15.9 Å². The van der Waals surface area contributed by atoms with Crippen LogP contribution in [-0.2, 0) is 0 Å². The van der Waals surface area contributed by atoms with E-state index in [1.807, 2.05) is 0 Å². The highest BCUT2D eigenvalue weighted by molar-refractivity contribution is 6.55. The Morgan fingerprint density at radius 3 is 2.14 bits per heavy atom. The van der Waals surface area contributed by atoms with Gasteiger partial charge >= 0.3 is 0 Å². The third kappa shape index (κ3) is 2.32. The van der Waals surface area contributed by atoms with Crippen LogP contribution in [0.3, 0.4) is 0 Å². The number of rotatable bonds is 1. The van der Waals surface area contributed by atoms with Crippen molar-refractivity contribution in [3.8, 4) is 0 Å². The minimum Gasteiger partial charge on any atom is -0.397 e. The minimum absolute atomic E-state index is 0.0303. The number of nitrogens with two attached hydrogens (primary N) is 1. The number of nitrogens with one attached hydrogen (secondary N) is 1. The van der Waals surface area contributed by atoms with Crippen molar-refractivity contribution in [1.82, 2.24) is 5.32 Å². The zero-order valence-corrected chi connectivity index (χ0v) is 13.8. The van der Waals surface area contributed by atoms with E-state index in [-0.39, 0.29) is 31.5 Å². The van der Waals surface area contributed by atoms with Crippen LogP contribution in [0.4, 0.5) is 11.4 Å². The number of amidine groups is 1. The Morgan fingerprint density at radius 2 is 1.50 bits per heavy atom. The number of nitrogen functional groups attached to an aromatic ring is 1. The van der Waals surface area contributed by atoms with E-state index in [1.54, 1.807) is 24.3 Å². The Hall–Kier alpha value is -1.46. The lowest BCUT2D eigenvalue weighted by molar-refractivity contribution is 0.0983. The van der Waals surface area contributed by atoms with Gasteiger partial charge in [0.25, 0.3) is 5.91 Å². The molecule has 2 aromatic rings. The molecule has 0 aromatic heterocycles. The Kier molecular flexibility index (Phi) is 3.95. The zero-order valence-electron chi connectivity index (χ0n) is 10.8. The average Bonchev–Trinajstić information content (AvgIpc) is 2.82. The number of hydrogen-bond acceptors (Lipinski definition) is 3. The largest absolute Gasteiger partial charge is 0.397 e. The van der Waals surface area contributed by atoms with Crippen molar-refractivity contribution in [2.75, 3.05) is 5.73 Å². The van der Waals surface area contributed by atoms with Crippen LogP contribution in [-0.4, -0.2) is 11.7 Å². The molecule has 0 radical (unpaired) electrons. The van der Waals surface area contributed by atoms with Crippen LogP contribution >= 0.6 is 46.4 Å². The summed E-state index contributed by atoms with van der Waals surface area (Å²) < 4.78 is 0. The quantitative estimate of drug-likeness (QED) is 0.431. The summed E-state index contributed by atoms with van der Waals surface area (Å²) in [4.78, 5) is 16.5. The first-order valence-corrected chi connectivity index (χ1v) is 7.54. The molecule has 0 spiro atoms. The molecule has 1 aliphatic rings. The number of benzene rings is 2. The fraction of sp³-hybridized carbons (Fsp3) is 0. The van der Waals surface area contributed by atoms with Crippen LogP contribution in [0.5, 0.6) is 0 Å². The van der Waals surface area contributed by atoms with Crippen molar-refractivity contribution in [1.29, 1.82) is 0 Å². The van der Waals surface area contributed by atoms with Crippen LogP contribution in [0, 0.1) is 0 Å². The third-order valence-corrected chi connectivity index (χ3v) is 4.93. The lowest BCUT2D eigenvalue weighted by Gasteiger charge is -2.08. The molecule has 112 valence electrons. The van der Waals surface area contributed by atoms with Crippen LogP contribution in [0.15, 0.2) is 29.3 Å². The molecule has 1 aliphatic heterocycles. The summed E-state index contributed by atoms with van der Waals surface area (Å²) in [5, 5.41) is 2.84. The molecule has 0 fully saturated rings. The first-order valence-electron chi connectivity index (χ1n) is 6.02. The van der Waals surface area contributed by atoms with Gasteiger partial charge in [0.15, 0.2) is 0 Å². The highest BCUT2D eigenvalue weighted by atomic mass is 35.5. The molecular formula is C14H7Cl4N3O. The Bertz CT molecular complexity index is 848. The highest BCUT2D eigenvalue weighted by Crippen LogP contribution is 2.43. The Labute approximate surface area is 145 Å². The van der Waals surface area contributed by atoms with E-state index in [1.165, 1.54) is 0 Å². The predicted octanol–water partition coefficient (Wildman–Crippen LogP) is 4.70. The van der Waals surface area contributed by atoms with Gasteiger partial charge in [-0.1, -0.05) is 58.5 Å². The summed E-state index contributed by atoms with van der Waals surface area (Å²) in [6.45, 7) is 0. The van der Waals surface area contributed by atoms with E-state index in [0.29, 0.717) is 16.9 Å². The summed E-state index contributed by atoms with van der Waals surface area (Å²) in [6, 6.07) is 6.96. The number of amides is 1. The van der Waals surface area contributed by atoms with Gasteiger partial charge in [-0.05, 0) is 12.1 Å². The van der Waals surface area contributed by atoms with Gasteiger partial charge in [-0.3, -0.25) is 4.79 Å². The van der Waals surface area contributed by atoms with Gasteiger partial charge in [0.1, 0.15) is 5.84 Å². The third-order valence-electron chi connectivity index (χ3n) is 3.13. The van der Waals surface area contributed by atoms with Crippen LogP contribution in [0.25, 0.3) is 0 Å². The van der Waals surface area contributed by atoms with Crippen molar-refractivity contribution in [2.45, 2.75) is 0 Å². The van der Waals surface area contributed by atoms with Gasteiger partial charge in [0.2, 0.25) is 0 Å². The first kappa shape index (κ1) is 15.4. The number of anilines is 1. The molecule has 22 heavy (non-hydrogen) atoms. The maximum atomic E-state index is 12.1. The fourth-order valence-corrected chi connectivity index (χ4v) is 3.12. The fourth-order valence-electron chi connectivity index (χ4n) is 2.09. The van der Waals surface area contributed by atoms with Gasteiger partial charge in [0.05, 0.1) is 42.6 Å². The summed E-state index contributed by atoms with van der Waals surface area (Å²) in [5.41, 5.74) is 7.26. The van der Waals surface area contributed by atoms with Crippen molar-refractivity contribution in [3.63, 3.8) is 0 Å². The van der Waals surface area contributed by atoms with E-state index in [2.05, 4.69) is 10.3 Å². The minimum atomic E-state index is -0.450. The molecule has 8 heteroatoms. The molecule has 2 aromatic carbocycles. The number of carbonyl (C=O) groups is 1. The first-order chi connectivity index (χ1) is 10.4. The van der Waals surface area contributed by atoms with Crippen molar-refractivity contribution in [3.05, 3.63) is 55.5 Å². The molecular weight excluding hydrogens is 368 g/mol. The summed E-state index contributed by atoms with van der Waals surface area (Å²) in [6.07, 6.45) is 0. The van der Waals surface area contributed by atoms with Crippen LogP contribution < -0.4 is 11.1 Å². The lowest BCUT2D eigenvalue weighted by atomic mass is 10.1. The molecule has 0 atom stereocenters. The average molecular weight is 375 g/mol. The molecule has 1 amide bonds. The summed E-state index contributed by atoms with van der Waals surface area (Å²) >= 11 is 24.3. The van der Waals surface area contributed by atoms with Crippen LogP contribution in [0.2, 0.25) is 20.1 Å². The van der Waals surface area contributed by atoms with E-state index >= 15 is 0 Å². The van der Waals surface area contributed by atoms with Crippen molar-refractivity contribution in [2.24, 2.45) is 4.99 Å². The maximum absolute atomic E-state index is 12.1. The molecule has 3 rings (SSSR count). The van der Waals surface area contributed by atoms with Gasteiger partial charge in [-0.2, -0.15) is 0 Å². The molecule has 4 nitrogen and oxygen atoms in total. The number of aliphatic imine (C=N–C) groups is 1. The van der Waals surface area contributed by atoms with Crippen molar-refractivity contribution >= 4 is 69.5 Å². The maximum Gasteiger partial charge on any atom is 0.259 e. The van der Waals surface area contributed by atoms with Gasteiger partial charge in [-0.15, -0.1) is 0 Å². The van der Waals surface area contributed by atoms with Gasteiger partial charge in [-0.25, -0.2) is 4.99 Å². The number of nitrogens with zero attached hydrogens (tertiary/aromatic N) is 1. The van der Waals surface area contributed by atoms with Gasteiger partial charge < -0.3 is 11.1 Å². The number of fused-ring (bicyclic) bond motifs is 1. The number of carbonyl (C=O) groups excluding carboxylic acids is 1. The number of halogens is 4. The SMILES string of the molecule is Nc1ccccc1/N=C1\NC(=O)c2c(Cl)c(Cl)c(Cl)c(Cl)c21. The molecule has 0 bridgehead atoms. The molecule has 0 saturated carbocycles. The van der Waals surface area contributed by atoms with E-state index < -0.39 is 5.91 Å².